The van der Waals surface area contributed by atoms with Crippen molar-refractivity contribution in [2.45, 2.75) is 97.0 Å². The Kier molecular flexibility index (Phi) is 16.5. The molecule has 1 heterocycles. The Balaban J connectivity index is 2.14. The molecule has 264 valence electrons. The van der Waals surface area contributed by atoms with Gasteiger partial charge in [0.1, 0.15) is 23.7 Å². The maximum Gasteiger partial charge on any atom is 0.243 e. The Morgan fingerprint density at radius 1 is 0.809 bits per heavy atom. The van der Waals surface area contributed by atoms with E-state index in [2.05, 4.69) is 21.3 Å². The largest absolute Gasteiger partial charge is 0.393 e. The molecular weight excluding hydrogens is 606 g/mol. The van der Waals surface area contributed by atoms with Crippen molar-refractivity contribution in [2.24, 2.45) is 11.8 Å². The van der Waals surface area contributed by atoms with E-state index in [4.69, 9.17) is 4.74 Å². The first kappa shape index (κ1) is 39.8. The number of carbonyl (C=O) groups is 5. The summed E-state index contributed by atoms with van der Waals surface area (Å²) in [6.07, 6.45) is 1.32. The Hall–Kier alpha value is -3.39. The first-order valence-electron chi connectivity index (χ1n) is 16.5. The zero-order valence-electron chi connectivity index (χ0n) is 28.7. The van der Waals surface area contributed by atoms with Crippen LogP contribution in [0.5, 0.6) is 0 Å². The number of aliphatic hydroxyl groups excluding tert-OH is 1. The SMILES string of the molecule is CC(C)CC(NC(=O)[C@H](CCc1ccccc1)NC(=O)CN1CCOCC1)C(=O)N[C@@H](C)C(=O)NC(CC(C)C)C(=O)[C@](C)(O)CO. The molecule has 13 nitrogen and oxygen atoms in total. The summed E-state index contributed by atoms with van der Waals surface area (Å²) in [5.74, 6) is -2.81. The van der Waals surface area contributed by atoms with Gasteiger partial charge in [-0.2, -0.15) is 0 Å². The number of ether oxygens (including phenoxy) is 1. The first-order chi connectivity index (χ1) is 22.1. The number of amides is 4. The fourth-order valence-electron chi connectivity index (χ4n) is 5.23. The van der Waals surface area contributed by atoms with Gasteiger partial charge in [-0.05, 0) is 56.9 Å². The minimum atomic E-state index is -2.04. The number of benzene rings is 1. The van der Waals surface area contributed by atoms with E-state index in [1.807, 2.05) is 62.9 Å². The third-order valence-corrected chi connectivity index (χ3v) is 7.96. The van der Waals surface area contributed by atoms with E-state index in [1.165, 1.54) is 13.8 Å². The Morgan fingerprint density at radius 2 is 1.36 bits per heavy atom. The predicted molar refractivity (Wildman–Crippen MR) is 177 cm³/mol. The van der Waals surface area contributed by atoms with Gasteiger partial charge < -0.3 is 36.2 Å². The molecule has 0 radical (unpaired) electrons. The normalized spacial score (nSPS) is 17.6. The van der Waals surface area contributed by atoms with Crippen LogP contribution in [-0.4, -0.2) is 114 Å². The molecule has 2 unspecified atom stereocenters. The predicted octanol–water partition coefficient (Wildman–Crippen LogP) is 0.315. The van der Waals surface area contributed by atoms with Crippen molar-refractivity contribution < 1.29 is 38.9 Å². The van der Waals surface area contributed by atoms with Crippen molar-refractivity contribution in [3.8, 4) is 0 Å². The molecule has 0 aliphatic carbocycles. The molecular formula is C34H55N5O8. The maximum atomic E-state index is 13.7. The van der Waals surface area contributed by atoms with Crippen LogP contribution >= 0.6 is 0 Å². The highest BCUT2D eigenvalue weighted by Gasteiger charge is 2.37. The number of ketones is 1. The van der Waals surface area contributed by atoms with Crippen LogP contribution in [0, 0.1) is 11.8 Å². The van der Waals surface area contributed by atoms with Gasteiger partial charge in [0.15, 0.2) is 5.78 Å². The third-order valence-electron chi connectivity index (χ3n) is 7.96. The van der Waals surface area contributed by atoms with Gasteiger partial charge in [0.05, 0.1) is 32.4 Å². The molecule has 1 aliphatic heterocycles. The molecule has 1 aliphatic rings. The Morgan fingerprint density at radius 3 is 1.94 bits per heavy atom. The summed E-state index contributed by atoms with van der Waals surface area (Å²) in [4.78, 5) is 68.0. The van der Waals surface area contributed by atoms with Crippen LogP contribution in [-0.2, 0) is 35.1 Å². The van der Waals surface area contributed by atoms with Crippen molar-refractivity contribution in [2.75, 3.05) is 39.5 Å². The fraction of sp³-hybridized carbons (Fsp3) is 0.676. The van der Waals surface area contributed by atoms with Gasteiger partial charge in [-0.15, -0.1) is 0 Å². The molecule has 0 saturated carbocycles. The number of nitrogens with one attached hydrogen (secondary N) is 4. The highest BCUT2D eigenvalue weighted by atomic mass is 16.5. The number of hydrogen-bond donors (Lipinski definition) is 6. The Bertz CT molecular complexity index is 1170. The number of morpholine rings is 1. The van der Waals surface area contributed by atoms with Crippen LogP contribution in [0.2, 0.25) is 0 Å². The lowest BCUT2D eigenvalue weighted by molar-refractivity contribution is -0.144. The van der Waals surface area contributed by atoms with E-state index in [1.54, 1.807) is 0 Å². The molecule has 1 saturated heterocycles. The molecule has 1 fully saturated rings. The van der Waals surface area contributed by atoms with Crippen LogP contribution in [0.3, 0.4) is 0 Å². The zero-order chi connectivity index (χ0) is 35.1. The maximum absolute atomic E-state index is 13.7. The fourth-order valence-corrected chi connectivity index (χ4v) is 5.23. The second-order valence-electron chi connectivity index (χ2n) is 13.4. The van der Waals surface area contributed by atoms with Crippen molar-refractivity contribution in [3.05, 3.63) is 35.9 Å². The van der Waals surface area contributed by atoms with Crippen molar-refractivity contribution >= 4 is 29.4 Å². The summed E-state index contributed by atoms with van der Waals surface area (Å²) in [6, 6.07) is 5.50. The summed E-state index contributed by atoms with van der Waals surface area (Å²) in [5, 5.41) is 30.7. The monoisotopic (exact) mass is 661 g/mol. The second-order valence-corrected chi connectivity index (χ2v) is 13.4. The first-order valence-corrected chi connectivity index (χ1v) is 16.5. The quantitative estimate of drug-likeness (QED) is 0.121. The summed E-state index contributed by atoms with van der Waals surface area (Å²) in [5.41, 5.74) is -1.04. The molecule has 1 aromatic carbocycles. The van der Waals surface area contributed by atoms with Gasteiger partial charge in [-0.25, -0.2) is 0 Å². The van der Waals surface area contributed by atoms with E-state index in [0.717, 1.165) is 5.56 Å². The average Bonchev–Trinajstić information content (AvgIpc) is 3.02. The molecule has 47 heavy (non-hydrogen) atoms. The van der Waals surface area contributed by atoms with Gasteiger partial charge in [0, 0.05) is 13.1 Å². The molecule has 0 aromatic heterocycles. The van der Waals surface area contributed by atoms with E-state index in [-0.39, 0.29) is 37.1 Å². The van der Waals surface area contributed by atoms with Gasteiger partial charge in [-0.3, -0.25) is 28.9 Å². The van der Waals surface area contributed by atoms with Crippen LogP contribution in [0.1, 0.15) is 66.4 Å². The lowest BCUT2D eigenvalue weighted by atomic mass is 9.90. The number of rotatable bonds is 19. The number of hydrogen-bond acceptors (Lipinski definition) is 9. The second kappa shape index (κ2) is 19.4. The number of aliphatic hydroxyl groups is 2. The van der Waals surface area contributed by atoms with E-state index in [9.17, 15) is 34.2 Å². The van der Waals surface area contributed by atoms with Crippen LogP contribution in [0.4, 0.5) is 0 Å². The lowest BCUT2D eigenvalue weighted by Crippen LogP contribution is -2.59. The molecule has 6 N–H and O–H groups in total. The summed E-state index contributed by atoms with van der Waals surface area (Å²) in [6.45, 7) is 11.7. The summed E-state index contributed by atoms with van der Waals surface area (Å²) < 4.78 is 5.36. The zero-order valence-corrected chi connectivity index (χ0v) is 28.7. The topological polar surface area (TPSA) is 186 Å². The van der Waals surface area contributed by atoms with Gasteiger partial charge in [0.2, 0.25) is 23.6 Å². The highest BCUT2D eigenvalue weighted by molar-refractivity contribution is 5.97. The smallest absolute Gasteiger partial charge is 0.243 e. The number of nitrogens with zero attached hydrogens (tertiary/aromatic N) is 1. The van der Waals surface area contributed by atoms with Crippen LogP contribution < -0.4 is 21.3 Å². The molecule has 0 spiro atoms. The van der Waals surface area contributed by atoms with Gasteiger partial charge >= 0.3 is 0 Å². The van der Waals surface area contributed by atoms with Crippen LogP contribution in [0.15, 0.2) is 30.3 Å². The highest BCUT2D eigenvalue weighted by Crippen LogP contribution is 2.15. The van der Waals surface area contributed by atoms with Crippen LogP contribution in [0.25, 0.3) is 0 Å². The summed E-state index contributed by atoms with van der Waals surface area (Å²) >= 11 is 0. The van der Waals surface area contributed by atoms with E-state index >= 15 is 0 Å². The van der Waals surface area contributed by atoms with Gasteiger partial charge in [-0.1, -0.05) is 58.0 Å². The molecule has 2 rings (SSSR count). The van der Waals surface area contributed by atoms with Crippen molar-refractivity contribution in [1.82, 2.24) is 26.2 Å². The minimum Gasteiger partial charge on any atom is -0.393 e. The summed E-state index contributed by atoms with van der Waals surface area (Å²) in [7, 11) is 0. The molecule has 0 bridgehead atoms. The van der Waals surface area contributed by atoms with E-state index < -0.39 is 59.9 Å². The van der Waals surface area contributed by atoms with E-state index in [0.29, 0.717) is 39.1 Å². The lowest BCUT2D eigenvalue weighted by Gasteiger charge is -2.29. The van der Waals surface area contributed by atoms with Gasteiger partial charge in [0.25, 0.3) is 0 Å². The van der Waals surface area contributed by atoms with Crippen molar-refractivity contribution in [1.29, 1.82) is 0 Å². The molecule has 1 aromatic rings. The third kappa shape index (κ3) is 14.1. The number of Topliss-reactive ketones (excluding diaryl/α,β-unsaturated/α-hetero) is 1. The number of aryl methyl sites for hydroxylation is 1. The number of carbonyl (C=O) groups excluding carboxylic acids is 5. The Labute approximate surface area is 278 Å². The molecule has 4 amide bonds. The average molecular weight is 662 g/mol. The van der Waals surface area contributed by atoms with Crippen molar-refractivity contribution in [3.63, 3.8) is 0 Å². The standard InChI is InChI=1S/C34H55N5O8/c1-22(2)18-27(30(42)34(6,46)21-40)37-31(43)24(5)35-33(45)28(19-23(3)4)38-32(44)26(13-12-25-10-8-7-9-11-25)36-29(41)20-39-14-16-47-17-15-39/h7-11,22-24,26-28,40,46H,12-21H2,1-6H3,(H,35,45)(H,36,41)(H,37,43)(H,38,44)/t24-,26-,27?,28?,34+/m0/s1. The minimum absolute atomic E-state index is 0.00243. The molecule has 13 heteroatoms. The molecule has 5 atom stereocenters.